The maximum absolute atomic E-state index is 14.4. The lowest BCUT2D eigenvalue weighted by atomic mass is 9.49. The number of hydrogen-bond acceptors (Lipinski definition) is 9. The zero-order valence-corrected chi connectivity index (χ0v) is 37.1. The summed E-state index contributed by atoms with van der Waals surface area (Å²) >= 11 is 0. The second-order valence-corrected chi connectivity index (χ2v) is 17.6. The number of ketones is 1. The van der Waals surface area contributed by atoms with Crippen LogP contribution in [0.4, 0.5) is 0 Å². The quantitative estimate of drug-likeness (QED) is 0.0593. The van der Waals surface area contributed by atoms with Crippen LogP contribution in [0.3, 0.4) is 0 Å². The van der Waals surface area contributed by atoms with Crippen molar-refractivity contribution in [2.45, 2.75) is 71.4 Å². The third kappa shape index (κ3) is 10.6. The van der Waals surface area contributed by atoms with E-state index in [9.17, 15) is 24.0 Å². The van der Waals surface area contributed by atoms with E-state index in [1.807, 2.05) is 142 Å². The number of Topliss-reactive ketones (excluding diaryl/α,β-unsaturated/α-hetero) is 1. The molecule has 0 heterocycles. The van der Waals surface area contributed by atoms with Crippen molar-refractivity contribution in [2.75, 3.05) is 0 Å². The highest BCUT2D eigenvalue weighted by Crippen LogP contribution is 2.60. The molecule has 3 aliphatic carbocycles. The number of esters is 4. The van der Waals surface area contributed by atoms with Crippen molar-refractivity contribution in [3.63, 3.8) is 0 Å². The van der Waals surface area contributed by atoms with E-state index in [1.54, 1.807) is 31.2 Å². The van der Waals surface area contributed by atoms with Crippen molar-refractivity contribution in [1.29, 1.82) is 0 Å². The van der Waals surface area contributed by atoms with E-state index in [1.165, 1.54) is 24.3 Å². The van der Waals surface area contributed by atoms with Gasteiger partial charge in [0, 0.05) is 48.0 Å². The van der Waals surface area contributed by atoms with Crippen LogP contribution in [-0.4, -0.2) is 54.1 Å². The van der Waals surface area contributed by atoms with Crippen molar-refractivity contribution in [3.05, 3.63) is 191 Å². The lowest BCUT2D eigenvalue weighted by molar-refractivity contribution is -0.199. The first-order valence-electron chi connectivity index (χ1n) is 21.9. The van der Waals surface area contributed by atoms with E-state index in [4.69, 9.17) is 18.9 Å². The predicted molar refractivity (Wildman–Crippen MR) is 251 cm³/mol. The Kier molecular flexibility index (Phi) is 14.2. The van der Waals surface area contributed by atoms with Crippen molar-refractivity contribution < 1.29 is 42.9 Å². The second-order valence-electron chi connectivity index (χ2n) is 17.6. The van der Waals surface area contributed by atoms with E-state index < -0.39 is 71.0 Å². The molecule has 0 amide bonds. The van der Waals surface area contributed by atoms with Crippen LogP contribution < -0.4 is 0 Å². The second kappa shape index (κ2) is 20.1. The molecular formula is C56H54O9. The van der Waals surface area contributed by atoms with E-state index in [-0.39, 0.29) is 25.0 Å². The Balaban J connectivity index is 1.36. The Bertz CT molecular complexity index is 2550. The first kappa shape index (κ1) is 45.9. The molecule has 7 atom stereocenters. The van der Waals surface area contributed by atoms with Gasteiger partial charge in [-0.2, -0.15) is 0 Å². The fourth-order valence-electron chi connectivity index (χ4n) is 9.79. The summed E-state index contributed by atoms with van der Waals surface area (Å²) in [5, 5.41) is 0. The van der Waals surface area contributed by atoms with Crippen LogP contribution in [0.2, 0.25) is 0 Å². The van der Waals surface area contributed by atoms with Crippen LogP contribution in [-0.2, 0) is 42.9 Å². The van der Waals surface area contributed by atoms with E-state index in [0.29, 0.717) is 16.7 Å². The molecule has 7 unspecified atom stereocenters. The summed E-state index contributed by atoms with van der Waals surface area (Å²) in [6.07, 6.45) is 7.93. The van der Waals surface area contributed by atoms with Gasteiger partial charge in [-0.15, -0.1) is 0 Å². The summed E-state index contributed by atoms with van der Waals surface area (Å²) in [6.45, 7) is 12.0. The monoisotopic (exact) mass is 870 g/mol. The SMILES string of the molecule is C=C1C(OC(=O)C=Cc2ccccc2)CCC2(C)C(OC(=O)C=Cc3ccccc3)C(OC(=O)C=Cc3ccccc3)C3=C(C)C(=O)CC(C(OC(=O)C=Cc4ccccc4)C12)C3(C)C. The van der Waals surface area contributed by atoms with E-state index in [2.05, 4.69) is 6.58 Å². The molecule has 4 aromatic carbocycles. The lowest BCUT2D eigenvalue weighted by Crippen LogP contribution is -2.64. The average Bonchev–Trinajstić information content (AvgIpc) is 3.30. The zero-order chi connectivity index (χ0) is 46.1. The van der Waals surface area contributed by atoms with Gasteiger partial charge < -0.3 is 18.9 Å². The average molecular weight is 871 g/mol. The highest BCUT2D eigenvalue weighted by atomic mass is 16.6. The Morgan fingerprint density at radius 2 is 0.985 bits per heavy atom. The summed E-state index contributed by atoms with van der Waals surface area (Å²) in [4.78, 5) is 70.4. The first-order chi connectivity index (χ1) is 31.2. The van der Waals surface area contributed by atoms with Gasteiger partial charge in [0.25, 0.3) is 0 Å². The number of ether oxygens (including phenoxy) is 4. The normalized spacial score (nSPS) is 25.2. The molecule has 3 aliphatic rings. The molecule has 332 valence electrons. The standard InChI is InChI=1S/C56H54O9/c1-37-44(57)36-43-52(63-47(59)31-27-40-20-12-7-13-21-40)51-38(2)45(62-46(58)30-26-39-18-10-6-11-19-39)34-35-56(51,5)54(65-49(61)33-29-42-24-16-9-17-25-42)53(50(37)55(43,3)4)64-48(60)32-28-41-22-14-8-15-23-41/h6-33,43,45,51-54H,2,34-36H2,1,3-5H3. The van der Waals surface area contributed by atoms with Crippen LogP contribution in [0, 0.1) is 22.7 Å². The molecule has 2 saturated carbocycles. The third-order valence-corrected chi connectivity index (χ3v) is 13.1. The molecular weight excluding hydrogens is 817 g/mol. The van der Waals surface area contributed by atoms with Gasteiger partial charge in [-0.25, -0.2) is 19.2 Å². The lowest BCUT2D eigenvalue weighted by Gasteiger charge is -2.59. The van der Waals surface area contributed by atoms with Gasteiger partial charge in [0.1, 0.15) is 18.3 Å². The van der Waals surface area contributed by atoms with Gasteiger partial charge in [-0.05, 0) is 88.5 Å². The Morgan fingerprint density at radius 3 is 1.43 bits per heavy atom. The van der Waals surface area contributed by atoms with Crippen LogP contribution in [0.15, 0.2) is 169 Å². The van der Waals surface area contributed by atoms with E-state index in [0.717, 1.165) is 22.3 Å². The van der Waals surface area contributed by atoms with Crippen LogP contribution >= 0.6 is 0 Å². The number of carbonyl (C=O) groups is 5. The van der Waals surface area contributed by atoms with Gasteiger partial charge in [-0.1, -0.05) is 149 Å². The van der Waals surface area contributed by atoms with Crippen molar-refractivity contribution in [3.8, 4) is 0 Å². The zero-order valence-electron chi connectivity index (χ0n) is 37.1. The van der Waals surface area contributed by atoms with Gasteiger partial charge >= 0.3 is 23.9 Å². The number of allylic oxidation sites excluding steroid dienone is 1. The molecule has 9 heteroatoms. The fourth-order valence-corrected chi connectivity index (χ4v) is 9.79. The highest BCUT2D eigenvalue weighted by molar-refractivity contribution is 5.98. The molecule has 4 aromatic rings. The van der Waals surface area contributed by atoms with Crippen LogP contribution in [0.5, 0.6) is 0 Å². The molecule has 65 heavy (non-hydrogen) atoms. The van der Waals surface area contributed by atoms with Gasteiger partial charge in [0.05, 0.1) is 0 Å². The van der Waals surface area contributed by atoms with E-state index >= 15 is 0 Å². The highest BCUT2D eigenvalue weighted by Gasteiger charge is 2.64. The minimum absolute atomic E-state index is 0.00828. The maximum Gasteiger partial charge on any atom is 0.331 e. The molecule has 2 bridgehead atoms. The molecule has 9 nitrogen and oxygen atoms in total. The Morgan fingerprint density at radius 1 is 0.585 bits per heavy atom. The van der Waals surface area contributed by atoms with Gasteiger partial charge in [-0.3, -0.25) is 4.79 Å². The van der Waals surface area contributed by atoms with Crippen LogP contribution in [0.1, 0.15) is 69.2 Å². The minimum atomic E-state index is -1.28. The molecule has 0 spiro atoms. The topological polar surface area (TPSA) is 122 Å². The molecule has 0 radical (unpaired) electrons. The maximum atomic E-state index is 14.4. The van der Waals surface area contributed by atoms with Gasteiger partial charge in [0.2, 0.25) is 0 Å². The minimum Gasteiger partial charge on any atom is -0.458 e. The van der Waals surface area contributed by atoms with Crippen molar-refractivity contribution >= 4 is 54.0 Å². The molecule has 0 N–H and O–H groups in total. The number of rotatable bonds is 12. The number of hydrogen-bond donors (Lipinski definition) is 0. The third-order valence-electron chi connectivity index (χ3n) is 13.1. The largest absolute Gasteiger partial charge is 0.458 e. The summed E-state index contributed by atoms with van der Waals surface area (Å²) < 4.78 is 25.8. The van der Waals surface area contributed by atoms with Gasteiger partial charge in [0.15, 0.2) is 11.9 Å². The smallest absolute Gasteiger partial charge is 0.331 e. The van der Waals surface area contributed by atoms with Crippen molar-refractivity contribution in [1.82, 2.24) is 0 Å². The summed E-state index contributed by atoms with van der Waals surface area (Å²) in [5.41, 5.74) is 2.17. The Hall–Kier alpha value is -7.13. The molecule has 0 aromatic heterocycles. The molecule has 7 rings (SSSR count). The summed E-state index contributed by atoms with van der Waals surface area (Å²) in [6, 6.07) is 37.2. The molecule has 0 saturated heterocycles. The van der Waals surface area contributed by atoms with Crippen LogP contribution in [0.25, 0.3) is 24.3 Å². The number of fused-ring (bicyclic) bond motifs is 3. The predicted octanol–water partition coefficient (Wildman–Crippen LogP) is 10.4. The van der Waals surface area contributed by atoms with Crippen molar-refractivity contribution in [2.24, 2.45) is 22.7 Å². The summed E-state index contributed by atoms with van der Waals surface area (Å²) in [7, 11) is 0. The number of benzene rings is 4. The Labute approximate surface area is 380 Å². The molecule has 0 aliphatic heterocycles. The first-order valence-corrected chi connectivity index (χ1v) is 21.9. The fraction of sp³-hybridized carbons (Fsp3) is 0.268. The summed E-state index contributed by atoms with van der Waals surface area (Å²) in [5.74, 6) is -4.52. The molecule has 2 fully saturated rings. The number of carbonyl (C=O) groups excluding carboxylic acids is 5.